The Kier molecular flexibility index (Phi) is 6.92. The van der Waals surface area contributed by atoms with Crippen molar-refractivity contribution in [1.82, 2.24) is 0 Å². The molecule has 0 aromatic carbocycles. The molecule has 0 spiro atoms. The van der Waals surface area contributed by atoms with E-state index in [-0.39, 0.29) is 9.52 Å². The van der Waals surface area contributed by atoms with Gasteiger partial charge in [0.1, 0.15) is 0 Å². The summed E-state index contributed by atoms with van der Waals surface area (Å²) in [4.78, 5) is 0. The third-order valence-electron chi connectivity index (χ3n) is 1.13. The molecule has 8 heavy (non-hydrogen) atoms. The Bertz CT molecular complexity index is 57.4. The van der Waals surface area contributed by atoms with Gasteiger partial charge in [0.05, 0.1) is 0 Å². The Hall–Kier alpha value is -0.0431. The van der Waals surface area contributed by atoms with Crippen molar-refractivity contribution in [2.24, 2.45) is 0 Å². The van der Waals surface area contributed by atoms with E-state index in [1.807, 2.05) is 0 Å². The Balaban J connectivity index is 2.80. The molecule has 48 valence electrons. The van der Waals surface area contributed by atoms with E-state index in [0.717, 1.165) is 0 Å². The molecule has 0 N–H and O–H groups in total. The van der Waals surface area contributed by atoms with Gasteiger partial charge in [-0.2, -0.15) is 0 Å². The first-order chi connectivity index (χ1) is 3.91. The standard InChI is InChI=1S/C7H16Si/c1-3-5-7-8-6-4-2/h5,7H,3-4,6,8H2,1-2H3/b7-5+. The summed E-state index contributed by atoms with van der Waals surface area (Å²) in [5.74, 6) is 0. The van der Waals surface area contributed by atoms with E-state index in [1.165, 1.54) is 18.9 Å². The fraction of sp³-hybridized carbons (Fsp3) is 0.714. The van der Waals surface area contributed by atoms with Gasteiger partial charge >= 0.3 is 0 Å². The largest absolute Gasteiger partial charge is 0.105 e. The minimum atomic E-state index is 0.220. The number of hydrogen-bond donors (Lipinski definition) is 0. The maximum absolute atomic E-state index is 2.41. The first-order valence-electron chi connectivity index (χ1n) is 3.56. The highest BCUT2D eigenvalue weighted by Gasteiger charge is 1.76. The van der Waals surface area contributed by atoms with Crippen LogP contribution in [0.4, 0.5) is 0 Å². The van der Waals surface area contributed by atoms with Gasteiger partial charge < -0.3 is 0 Å². The lowest BCUT2D eigenvalue weighted by atomic mass is 10.5. The molecule has 0 aromatic rings. The highest BCUT2D eigenvalue weighted by atomic mass is 28.2. The summed E-state index contributed by atoms with van der Waals surface area (Å²) in [6.45, 7) is 4.45. The molecule has 0 aliphatic carbocycles. The van der Waals surface area contributed by atoms with E-state index < -0.39 is 0 Å². The second-order valence-corrected chi connectivity index (χ2v) is 3.78. The smallest absolute Gasteiger partial charge is 0.0449 e. The summed E-state index contributed by atoms with van der Waals surface area (Å²) in [6, 6.07) is 1.48. The molecule has 0 fully saturated rings. The molecule has 0 aliphatic rings. The van der Waals surface area contributed by atoms with E-state index >= 15 is 0 Å². The van der Waals surface area contributed by atoms with E-state index in [2.05, 4.69) is 25.6 Å². The number of rotatable bonds is 4. The topological polar surface area (TPSA) is 0 Å². The molecule has 0 heterocycles. The molecular weight excluding hydrogens is 112 g/mol. The van der Waals surface area contributed by atoms with Crippen molar-refractivity contribution in [2.75, 3.05) is 0 Å². The molecule has 0 saturated carbocycles. The first kappa shape index (κ1) is 7.96. The monoisotopic (exact) mass is 128 g/mol. The van der Waals surface area contributed by atoms with Crippen molar-refractivity contribution >= 4 is 9.52 Å². The lowest BCUT2D eigenvalue weighted by Crippen LogP contribution is -1.79. The predicted molar refractivity (Wildman–Crippen MR) is 43.1 cm³/mol. The van der Waals surface area contributed by atoms with Crippen LogP contribution >= 0.6 is 0 Å². The molecular formula is C7H16Si. The Morgan fingerprint density at radius 3 is 2.62 bits per heavy atom. The van der Waals surface area contributed by atoms with Crippen LogP contribution < -0.4 is 0 Å². The molecule has 0 atom stereocenters. The minimum Gasteiger partial charge on any atom is -0.105 e. The van der Waals surface area contributed by atoms with Crippen molar-refractivity contribution in [2.45, 2.75) is 32.7 Å². The molecule has 0 aromatic heterocycles. The summed E-state index contributed by atoms with van der Waals surface area (Å²) in [6.07, 6.45) is 4.89. The van der Waals surface area contributed by atoms with Gasteiger partial charge in [0.2, 0.25) is 0 Å². The maximum Gasteiger partial charge on any atom is 0.0449 e. The molecule has 0 nitrogen and oxygen atoms in total. The lowest BCUT2D eigenvalue weighted by molar-refractivity contribution is 1.08. The highest BCUT2D eigenvalue weighted by Crippen LogP contribution is 1.86. The fourth-order valence-corrected chi connectivity index (χ4v) is 1.82. The zero-order valence-electron chi connectivity index (χ0n) is 5.98. The van der Waals surface area contributed by atoms with Gasteiger partial charge in [-0.25, -0.2) is 0 Å². The van der Waals surface area contributed by atoms with Crippen LogP contribution in [-0.2, 0) is 0 Å². The van der Waals surface area contributed by atoms with Crippen LogP contribution in [0.3, 0.4) is 0 Å². The molecule has 0 bridgehead atoms. The van der Waals surface area contributed by atoms with E-state index in [0.29, 0.717) is 0 Å². The van der Waals surface area contributed by atoms with Crippen LogP contribution in [0.15, 0.2) is 11.8 Å². The lowest BCUT2D eigenvalue weighted by Gasteiger charge is -1.84. The Morgan fingerprint density at radius 2 is 2.12 bits per heavy atom. The number of allylic oxidation sites excluding steroid dienone is 1. The van der Waals surface area contributed by atoms with Crippen LogP contribution in [0.5, 0.6) is 0 Å². The van der Waals surface area contributed by atoms with Gasteiger partial charge in [0.15, 0.2) is 0 Å². The van der Waals surface area contributed by atoms with Gasteiger partial charge in [0, 0.05) is 9.52 Å². The van der Waals surface area contributed by atoms with Gasteiger partial charge in [-0.3, -0.25) is 0 Å². The summed E-state index contributed by atoms with van der Waals surface area (Å²) < 4.78 is 0. The van der Waals surface area contributed by atoms with E-state index in [1.54, 1.807) is 0 Å². The molecule has 0 unspecified atom stereocenters. The minimum absolute atomic E-state index is 0.220. The van der Waals surface area contributed by atoms with Gasteiger partial charge in [-0.1, -0.05) is 32.4 Å². The molecule has 0 rings (SSSR count). The zero-order chi connectivity index (χ0) is 6.24. The molecule has 1 heteroatoms. The average molecular weight is 128 g/mol. The normalized spacial score (nSPS) is 12.2. The fourth-order valence-electron chi connectivity index (χ4n) is 0.606. The molecule has 0 saturated heterocycles. The van der Waals surface area contributed by atoms with Crippen molar-refractivity contribution in [3.8, 4) is 0 Å². The predicted octanol–water partition coefficient (Wildman–Crippen LogP) is 1.91. The van der Waals surface area contributed by atoms with E-state index in [9.17, 15) is 0 Å². The summed E-state index contributed by atoms with van der Waals surface area (Å²) >= 11 is 0. The number of hydrogen-bond acceptors (Lipinski definition) is 0. The quantitative estimate of drug-likeness (QED) is 0.401. The summed E-state index contributed by atoms with van der Waals surface area (Å²) in [5, 5.41) is 0. The molecule has 0 amide bonds. The second kappa shape index (κ2) is 6.96. The SMILES string of the molecule is CC/C=C/[SiH2]CCC. The first-order valence-corrected chi connectivity index (χ1v) is 5.38. The van der Waals surface area contributed by atoms with Crippen LogP contribution in [0.1, 0.15) is 26.7 Å². The molecule has 0 radical (unpaired) electrons. The van der Waals surface area contributed by atoms with E-state index in [4.69, 9.17) is 0 Å². The van der Waals surface area contributed by atoms with Crippen molar-refractivity contribution in [3.05, 3.63) is 11.8 Å². The zero-order valence-corrected chi connectivity index (χ0v) is 7.40. The van der Waals surface area contributed by atoms with Crippen LogP contribution in [0.25, 0.3) is 0 Å². The van der Waals surface area contributed by atoms with Crippen LogP contribution in [0, 0.1) is 0 Å². The van der Waals surface area contributed by atoms with Crippen molar-refractivity contribution in [1.29, 1.82) is 0 Å². The second-order valence-electron chi connectivity index (χ2n) is 2.02. The molecule has 0 aliphatic heterocycles. The van der Waals surface area contributed by atoms with Gasteiger partial charge in [-0.15, -0.1) is 5.70 Å². The van der Waals surface area contributed by atoms with Crippen LogP contribution in [-0.4, -0.2) is 9.52 Å². The highest BCUT2D eigenvalue weighted by molar-refractivity contribution is 6.41. The van der Waals surface area contributed by atoms with Crippen LogP contribution in [0.2, 0.25) is 6.04 Å². The summed E-state index contributed by atoms with van der Waals surface area (Å²) in [5.41, 5.74) is 2.41. The maximum atomic E-state index is 2.41. The summed E-state index contributed by atoms with van der Waals surface area (Å²) in [7, 11) is 0.220. The van der Waals surface area contributed by atoms with Gasteiger partial charge in [0.25, 0.3) is 0 Å². The van der Waals surface area contributed by atoms with Crippen molar-refractivity contribution in [3.63, 3.8) is 0 Å². The van der Waals surface area contributed by atoms with Crippen molar-refractivity contribution < 1.29 is 0 Å². The Labute approximate surface area is 54.8 Å². The van der Waals surface area contributed by atoms with Gasteiger partial charge in [-0.05, 0) is 6.42 Å². The Morgan fingerprint density at radius 1 is 1.38 bits per heavy atom. The third-order valence-corrected chi connectivity index (χ3v) is 2.91. The average Bonchev–Trinajstić information content (AvgIpc) is 1.81. The third kappa shape index (κ3) is 5.96.